The highest BCUT2D eigenvalue weighted by atomic mass is 79.9. The molecular formula is C16H13BrN4O3S. The first-order chi connectivity index (χ1) is 12.0. The van der Waals surface area contributed by atoms with E-state index in [4.69, 9.17) is 4.52 Å². The molecule has 0 N–H and O–H groups in total. The molecule has 3 heterocycles. The second kappa shape index (κ2) is 6.32. The van der Waals surface area contributed by atoms with Gasteiger partial charge in [-0.25, -0.2) is 8.42 Å². The maximum absolute atomic E-state index is 12.6. The summed E-state index contributed by atoms with van der Waals surface area (Å²) in [5.74, 6) is 0.842. The van der Waals surface area contributed by atoms with Gasteiger partial charge >= 0.3 is 0 Å². The van der Waals surface area contributed by atoms with Gasteiger partial charge in [0.15, 0.2) is 0 Å². The van der Waals surface area contributed by atoms with Gasteiger partial charge in [-0.15, -0.1) is 0 Å². The van der Waals surface area contributed by atoms with Crippen molar-refractivity contribution >= 4 is 26.0 Å². The number of halogens is 1. The number of benzene rings is 1. The van der Waals surface area contributed by atoms with Crippen LogP contribution in [0.3, 0.4) is 0 Å². The molecule has 9 heteroatoms. The minimum Gasteiger partial charge on any atom is -0.339 e. The van der Waals surface area contributed by atoms with E-state index in [2.05, 4.69) is 31.1 Å². The van der Waals surface area contributed by atoms with Gasteiger partial charge in [-0.05, 0) is 36.4 Å². The Labute approximate surface area is 152 Å². The minimum absolute atomic E-state index is 0.0895. The van der Waals surface area contributed by atoms with E-state index in [1.165, 1.54) is 4.31 Å². The van der Waals surface area contributed by atoms with Crippen LogP contribution in [-0.2, 0) is 10.0 Å². The van der Waals surface area contributed by atoms with Gasteiger partial charge in [-0.2, -0.15) is 9.29 Å². The predicted molar refractivity (Wildman–Crippen MR) is 93.2 cm³/mol. The van der Waals surface area contributed by atoms with E-state index < -0.39 is 10.0 Å². The third-order valence-corrected chi connectivity index (χ3v) is 6.40. The van der Waals surface area contributed by atoms with Crippen LogP contribution in [0.1, 0.15) is 11.8 Å². The number of hydrogen-bond acceptors (Lipinski definition) is 6. The molecule has 25 heavy (non-hydrogen) atoms. The normalized spacial score (nSPS) is 15.9. The van der Waals surface area contributed by atoms with Gasteiger partial charge < -0.3 is 4.52 Å². The van der Waals surface area contributed by atoms with Crippen LogP contribution in [-0.4, -0.2) is 40.9 Å². The van der Waals surface area contributed by atoms with Crippen molar-refractivity contribution in [3.05, 3.63) is 59.2 Å². The lowest BCUT2D eigenvalue weighted by molar-refractivity contribution is 0.217. The van der Waals surface area contributed by atoms with Crippen LogP contribution < -0.4 is 0 Å². The minimum atomic E-state index is -3.49. The molecule has 1 aromatic carbocycles. The van der Waals surface area contributed by atoms with E-state index in [-0.39, 0.29) is 10.8 Å². The summed E-state index contributed by atoms with van der Waals surface area (Å²) in [7, 11) is -3.49. The summed E-state index contributed by atoms with van der Waals surface area (Å²) in [4.78, 5) is 8.59. The van der Waals surface area contributed by atoms with Gasteiger partial charge in [-0.1, -0.05) is 21.1 Å². The molecule has 0 spiro atoms. The maximum atomic E-state index is 12.6. The Kier molecular flexibility index (Phi) is 4.14. The Morgan fingerprint density at radius 3 is 2.44 bits per heavy atom. The number of aromatic nitrogens is 3. The van der Waals surface area contributed by atoms with Gasteiger partial charge in [0.2, 0.25) is 21.7 Å². The largest absolute Gasteiger partial charge is 0.339 e. The predicted octanol–water partition coefficient (Wildman–Crippen LogP) is 2.68. The zero-order valence-electron chi connectivity index (χ0n) is 12.9. The summed E-state index contributed by atoms with van der Waals surface area (Å²) in [6.07, 6.45) is 3.31. The highest BCUT2D eigenvalue weighted by Gasteiger charge is 2.40. The van der Waals surface area contributed by atoms with Crippen LogP contribution in [0.2, 0.25) is 0 Å². The molecule has 0 amide bonds. The molecule has 3 aromatic rings. The molecule has 1 aliphatic rings. The number of pyridine rings is 1. The Morgan fingerprint density at radius 1 is 1.08 bits per heavy atom. The first kappa shape index (κ1) is 16.4. The summed E-state index contributed by atoms with van der Waals surface area (Å²) >= 11 is 3.30. The number of hydrogen-bond donors (Lipinski definition) is 0. The smallest absolute Gasteiger partial charge is 0.243 e. The van der Waals surface area contributed by atoms with E-state index >= 15 is 0 Å². The van der Waals surface area contributed by atoms with Gasteiger partial charge in [0, 0.05) is 35.5 Å². The Bertz CT molecular complexity index is 984. The molecule has 7 nitrogen and oxygen atoms in total. The summed E-state index contributed by atoms with van der Waals surface area (Å²) in [6, 6.07) is 10.2. The first-order valence-corrected chi connectivity index (χ1v) is 9.77. The molecule has 128 valence electrons. The van der Waals surface area contributed by atoms with Crippen molar-refractivity contribution in [2.45, 2.75) is 10.8 Å². The fraction of sp³-hybridized carbons (Fsp3) is 0.188. The average molecular weight is 421 g/mol. The molecule has 0 aliphatic carbocycles. The fourth-order valence-electron chi connectivity index (χ4n) is 2.57. The highest BCUT2D eigenvalue weighted by molar-refractivity contribution is 9.10. The third kappa shape index (κ3) is 3.10. The Morgan fingerprint density at radius 2 is 1.76 bits per heavy atom. The number of rotatable bonds is 4. The van der Waals surface area contributed by atoms with E-state index in [0.29, 0.717) is 24.8 Å². The molecule has 0 saturated carbocycles. The monoisotopic (exact) mass is 420 g/mol. The zero-order valence-corrected chi connectivity index (χ0v) is 15.3. The molecule has 0 bridgehead atoms. The molecule has 2 aromatic heterocycles. The number of sulfonamides is 1. The van der Waals surface area contributed by atoms with Crippen molar-refractivity contribution in [2.24, 2.45) is 0 Å². The van der Waals surface area contributed by atoms with Crippen molar-refractivity contribution in [1.29, 1.82) is 0 Å². The molecular weight excluding hydrogens is 408 g/mol. The lowest BCUT2D eigenvalue weighted by Gasteiger charge is -2.35. The molecule has 4 rings (SSSR count). The standard InChI is InChI=1S/C16H13BrN4O3S/c17-13-1-3-14(4-2-13)25(22,23)21-9-12(10-21)16-19-15(20-24-16)11-5-7-18-8-6-11/h1-8,12H,9-10H2. The topological polar surface area (TPSA) is 89.2 Å². The molecule has 1 aliphatic heterocycles. The van der Waals surface area contributed by atoms with Gasteiger partial charge in [0.1, 0.15) is 0 Å². The Hall–Kier alpha value is -2.10. The SMILES string of the molecule is O=S(=O)(c1ccc(Br)cc1)N1CC(c2nc(-c3ccncc3)no2)C1. The second-order valence-electron chi connectivity index (χ2n) is 5.66. The van der Waals surface area contributed by atoms with Crippen molar-refractivity contribution in [1.82, 2.24) is 19.4 Å². The van der Waals surface area contributed by atoms with E-state index in [1.54, 1.807) is 48.8 Å². The average Bonchev–Trinajstić information content (AvgIpc) is 3.04. The van der Waals surface area contributed by atoms with Gasteiger partial charge in [-0.3, -0.25) is 4.98 Å². The highest BCUT2D eigenvalue weighted by Crippen LogP contribution is 2.32. The van der Waals surface area contributed by atoms with E-state index in [0.717, 1.165) is 10.0 Å². The fourth-order valence-corrected chi connectivity index (χ4v) is 4.36. The van der Waals surface area contributed by atoms with Crippen molar-refractivity contribution < 1.29 is 12.9 Å². The van der Waals surface area contributed by atoms with Crippen molar-refractivity contribution in [2.75, 3.05) is 13.1 Å². The van der Waals surface area contributed by atoms with Crippen molar-refractivity contribution in [3.63, 3.8) is 0 Å². The molecule has 1 saturated heterocycles. The zero-order chi connectivity index (χ0) is 17.4. The van der Waals surface area contributed by atoms with Crippen LogP contribution in [0.4, 0.5) is 0 Å². The third-order valence-electron chi connectivity index (χ3n) is 4.03. The first-order valence-electron chi connectivity index (χ1n) is 7.54. The Balaban J connectivity index is 1.47. The van der Waals surface area contributed by atoms with E-state index in [9.17, 15) is 8.42 Å². The van der Waals surface area contributed by atoms with Gasteiger partial charge in [0.05, 0.1) is 10.8 Å². The van der Waals surface area contributed by atoms with Crippen molar-refractivity contribution in [3.8, 4) is 11.4 Å². The summed E-state index contributed by atoms with van der Waals surface area (Å²) in [5.41, 5.74) is 0.809. The molecule has 0 atom stereocenters. The number of nitrogens with zero attached hydrogens (tertiary/aromatic N) is 4. The summed E-state index contributed by atoms with van der Waals surface area (Å²) in [5, 5.41) is 3.96. The van der Waals surface area contributed by atoms with Crippen LogP contribution in [0, 0.1) is 0 Å². The van der Waals surface area contributed by atoms with E-state index in [1.807, 2.05) is 0 Å². The molecule has 0 unspecified atom stereocenters. The lowest BCUT2D eigenvalue weighted by atomic mass is 10.0. The van der Waals surface area contributed by atoms with Crippen LogP contribution in [0.15, 0.2) is 62.7 Å². The molecule has 0 radical (unpaired) electrons. The second-order valence-corrected chi connectivity index (χ2v) is 8.52. The van der Waals surface area contributed by atoms with Crippen LogP contribution in [0.5, 0.6) is 0 Å². The van der Waals surface area contributed by atoms with Crippen LogP contribution >= 0.6 is 15.9 Å². The summed E-state index contributed by atoms with van der Waals surface area (Å²) < 4.78 is 32.7. The maximum Gasteiger partial charge on any atom is 0.243 e. The summed E-state index contributed by atoms with van der Waals surface area (Å²) in [6.45, 7) is 0.659. The van der Waals surface area contributed by atoms with Crippen LogP contribution in [0.25, 0.3) is 11.4 Å². The van der Waals surface area contributed by atoms with Gasteiger partial charge in [0.25, 0.3) is 0 Å². The lowest BCUT2D eigenvalue weighted by Crippen LogP contribution is -2.48. The molecule has 1 fully saturated rings. The quantitative estimate of drug-likeness (QED) is 0.644.